The number of nitrogens with two attached hydrogens (primary N) is 1. The van der Waals surface area contributed by atoms with Crippen LogP contribution in [0.15, 0.2) is 18.2 Å². The van der Waals surface area contributed by atoms with Crippen LogP contribution < -0.4 is 10.6 Å². The number of nitro benzene ring substituents is 1. The van der Waals surface area contributed by atoms with E-state index in [1.165, 1.54) is 0 Å². The minimum Gasteiger partial charge on any atom is -0.365 e. The fourth-order valence-electron chi connectivity index (χ4n) is 0.929. The summed E-state index contributed by atoms with van der Waals surface area (Å²) in [7, 11) is 0. The van der Waals surface area contributed by atoms with Crippen molar-refractivity contribution in [3.63, 3.8) is 0 Å². The number of amides is 1. The molecule has 3 N–H and O–H groups in total. The predicted molar refractivity (Wildman–Crippen MR) is 44.9 cm³/mol. The van der Waals surface area contributed by atoms with E-state index in [1.807, 2.05) is 0 Å². The summed E-state index contributed by atoms with van der Waals surface area (Å²) in [5.41, 5.74) is 4.15. The first-order valence-corrected chi connectivity index (χ1v) is 3.46. The van der Waals surface area contributed by atoms with Gasteiger partial charge in [0.05, 0.1) is 4.92 Å². The first kappa shape index (κ1) is 9.93. The van der Waals surface area contributed by atoms with Gasteiger partial charge in [0, 0.05) is 12.1 Å². The lowest BCUT2D eigenvalue weighted by molar-refractivity contribution is -0.385. The highest BCUT2D eigenvalue weighted by molar-refractivity contribution is 5.97. The smallest absolute Gasteiger partial charge is 0.282 e. The highest BCUT2D eigenvalue weighted by Gasteiger charge is 2.18. The lowest BCUT2D eigenvalue weighted by Crippen LogP contribution is -2.13. The third-order valence-corrected chi connectivity index (χ3v) is 1.54. The molecule has 14 heavy (non-hydrogen) atoms. The zero-order valence-corrected chi connectivity index (χ0v) is 6.84. The summed E-state index contributed by atoms with van der Waals surface area (Å²) in [5.74, 6) is -1.06. The standard InChI is InChI=1S/C7H6N2O5/c8-7(10)5-3-4(14-13)1-2-6(5)9(11)12/h1-3,13H,(H2,8,10). The van der Waals surface area contributed by atoms with Gasteiger partial charge in [0.15, 0.2) is 5.75 Å². The maximum absolute atomic E-state index is 10.8. The second kappa shape index (κ2) is 3.71. The Morgan fingerprint density at radius 1 is 1.57 bits per heavy atom. The molecule has 74 valence electrons. The van der Waals surface area contributed by atoms with Crippen molar-refractivity contribution in [1.82, 2.24) is 0 Å². The molecule has 0 radical (unpaired) electrons. The molecular formula is C7H6N2O5. The van der Waals surface area contributed by atoms with Gasteiger partial charge in [-0.2, -0.15) is 0 Å². The van der Waals surface area contributed by atoms with Crippen LogP contribution in [-0.4, -0.2) is 16.1 Å². The lowest BCUT2D eigenvalue weighted by Gasteiger charge is -2.00. The normalized spacial score (nSPS) is 9.50. The van der Waals surface area contributed by atoms with Gasteiger partial charge in [-0.3, -0.25) is 14.9 Å². The molecule has 0 saturated heterocycles. The molecule has 0 unspecified atom stereocenters. The van der Waals surface area contributed by atoms with Crippen LogP contribution in [0, 0.1) is 10.1 Å². The molecule has 1 rings (SSSR count). The molecule has 0 aliphatic carbocycles. The molecule has 0 aliphatic rings. The number of benzene rings is 1. The molecule has 1 aromatic carbocycles. The molecular weight excluding hydrogens is 192 g/mol. The summed E-state index contributed by atoms with van der Waals surface area (Å²) in [6.45, 7) is 0. The third-order valence-electron chi connectivity index (χ3n) is 1.54. The zero-order valence-electron chi connectivity index (χ0n) is 6.84. The Bertz CT molecular complexity index is 390. The Labute approximate surface area is 77.8 Å². The van der Waals surface area contributed by atoms with Gasteiger partial charge >= 0.3 is 0 Å². The summed E-state index contributed by atoms with van der Waals surface area (Å²) >= 11 is 0. The Hall–Kier alpha value is -2.15. The maximum atomic E-state index is 10.8. The lowest BCUT2D eigenvalue weighted by atomic mass is 10.1. The molecule has 0 atom stereocenters. The molecule has 0 heterocycles. The number of nitrogens with zero attached hydrogens (tertiary/aromatic N) is 1. The second-order valence-electron chi connectivity index (χ2n) is 2.39. The van der Waals surface area contributed by atoms with Crippen LogP contribution in [0.4, 0.5) is 5.69 Å². The zero-order chi connectivity index (χ0) is 10.7. The van der Waals surface area contributed by atoms with Crippen molar-refractivity contribution in [2.75, 3.05) is 0 Å². The van der Waals surface area contributed by atoms with Crippen molar-refractivity contribution in [2.45, 2.75) is 0 Å². The molecule has 0 aliphatic heterocycles. The van der Waals surface area contributed by atoms with E-state index in [-0.39, 0.29) is 11.3 Å². The van der Waals surface area contributed by atoms with Gasteiger partial charge in [-0.1, -0.05) is 0 Å². The minimum absolute atomic E-state index is 0.0931. The van der Waals surface area contributed by atoms with E-state index in [4.69, 9.17) is 11.0 Å². The first-order chi connectivity index (χ1) is 6.56. The second-order valence-corrected chi connectivity index (χ2v) is 2.39. The van der Waals surface area contributed by atoms with Gasteiger partial charge in [-0.25, -0.2) is 5.26 Å². The van der Waals surface area contributed by atoms with Crippen LogP contribution in [0.25, 0.3) is 0 Å². The first-order valence-electron chi connectivity index (χ1n) is 3.46. The van der Waals surface area contributed by atoms with Crippen LogP contribution in [-0.2, 0) is 0 Å². The van der Waals surface area contributed by atoms with Crippen LogP contribution in [0.5, 0.6) is 5.75 Å². The molecule has 0 fully saturated rings. The number of primary amides is 1. The molecule has 0 aromatic heterocycles. The monoisotopic (exact) mass is 198 g/mol. The summed E-state index contributed by atoms with van der Waals surface area (Å²) in [5, 5.41) is 18.7. The summed E-state index contributed by atoms with van der Waals surface area (Å²) in [6, 6.07) is 3.15. The Kier molecular flexibility index (Phi) is 2.63. The van der Waals surface area contributed by atoms with E-state index >= 15 is 0 Å². The predicted octanol–water partition coefficient (Wildman–Crippen LogP) is 0.545. The van der Waals surface area contributed by atoms with E-state index in [0.717, 1.165) is 18.2 Å². The Balaban J connectivity index is 3.31. The summed E-state index contributed by atoms with van der Waals surface area (Å²) < 4.78 is 0. The third kappa shape index (κ3) is 1.77. The van der Waals surface area contributed by atoms with Crippen molar-refractivity contribution >= 4 is 11.6 Å². The Morgan fingerprint density at radius 3 is 2.64 bits per heavy atom. The number of nitro groups is 1. The van der Waals surface area contributed by atoms with Crippen molar-refractivity contribution in [3.8, 4) is 5.75 Å². The largest absolute Gasteiger partial charge is 0.365 e. The topological polar surface area (TPSA) is 116 Å². The van der Waals surface area contributed by atoms with Crippen molar-refractivity contribution in [3.05, 3.63) is 33.9 Å². The van der Waals surface area contributed by atoms with Gasteiger partial charge in [-0.05, 0) is 6.07 Å². The summed E-state index contributed by atoms with van der Waals surface area (Å²) in [6.07, 6.45) is 0. The van der Waals surface area contributed by atoms with Crippen LogP contribution >= 0.6 is 0 Å². The van der Waals surface area contributed by atoms with Crippen molar-refractivity contribution < 1.29 is 19.9 Å². The van der Waals surface area contributed by atoms with Crippen molar-refractivity contribution in [2.24, 2.45) is 5.73 Å². The van der Waals surface area contributed by atoms with Gasteiger partial charge in [-0.15, -0.1) is 0 Å². The quantitative estimate of drug-likeness (QED) is 0.417. The molecule has 0 saturated carbocycles. The van der Waals surface area contributed by atoms with Gasteiger partial charge < -0.3 is 10.6 Å². The van der Waals surface area contributed by atoms with Crippen molar-refractivity contribution in [1.29, 1.82) is 0 Å². The van der Waals surface area contributed by atoms with E-state index in [1.54, 1.807) is 0 Å². The molecule has 7 nitrogen and oxygen atoms in total. The number of carbonyl (C=O) groups excluding carboxylic acids is 1. The van der Waals surface area contributed by atoms with Crippen LogP contribution in [0.2, 0.25) is 0 Å². The minimum atomic E-state index is -0.962. The van der Waals surface area contributed by atoms with E-state index in [9.17, 15) is 14.9 Å². The average Bonchev–Trinajstić information content (AvgIpc) is 2.16. The highest BCUT2D eigenvalue weighted by atomic mass is 17.1. The highest BCUT2D eigenvalue weighted by Crippen LogP contribution is 2.23. The SMILES string of the molecule is NC(=O)c1cc(OO)ccc1[N+](=O)[O-]. The Morgan fingerprint density at radius 2 is 2.21 bits per heavy atom. The molecule has 1 amide bonds. The van der Waals surface area contributed by atoms with Gasteiger partial charge in [0.1, 0.15) is 5.56 Å². The van der Waals surface area contributed by atoms with E-state index < -0.39 is 16.5 Å². The number of carbonyl (C=O) groups is 1. The van der Waals surface area contributed by atoms with Crippen LogP contribution in [0.3, 0.4) is 0 Å². The number of hydrogen-bond donors (Lipinski definition) is 2. The van der Waals surface area contributed by atoms with E-state index in [2.05, 4.69) is 4.89 Å². The van der Waals surface area contributed by atoms with Gasteiger partial charge in [0.25, 0.3) is 11.6 Å². The number of rotatable bonds is 3. The molecule has 0 bridgehead atoms. The molecule has 0 spiro atoms. The summed E-state index contributed by atoms with van der Waals surface area (Å²) in [4.78, 5) is 24.3. The van der Waals surface area contributed by atoms with Crippen LogP contribution in [0.1, 0.15) is 10.4 Å². The molecule has 7 heteroatoms. The molecule has 1 aromatic rings. The van der Waals surface area contributed by atoms with Gasteiger partial charge in [0.2, 0.25) is 0 Å². The maximum Gasteiger partial charge on any atom is 0.282 e. The fourth-order valence-corrected chi connectivity index (χ4v) is 0.929. The number of hydrogen-bond acceptors (Lipinski definition) is 5. The van der Waals surface area contributed by atoms with E-state index in [0.29, 0.717) is 0 Å². The fraction of sp³-hybridized carbons (Fsp3) is 0. The average molecular weight is 198 g/mol.